The van der Waals surface area contributed by atoms with Gasteiger partial charge in [0.2, 0.25) is 0 Å². The summed E-state index contributed by atoms with van der Waals surface area (Å²) in [5.74, 6) is 0. The lowest BCUT2D eigenvalue weighted by molar-refractivity contribution is 0.332. The molecule has 3 heteroatoms. The molecule has 1 heterocycles. The largest absolute Gasteiger partial charge is 0.355 e. The number of hydrogen-bond donors (Lipinski definition) is 1. The number of nitrogens with one attached hydrogen (secondary N) is 1. The van der Waals surface area contributed by atoms with Gasteiger partial charge in [0.25, 0.3) is 0 Å². The number of anilines is 5. The standard InChI is InChI=1S/C65H76BN2/c1-38-31-44(43-35-49-50(63(11,12)29-28-62(49,9)10)36-52(43)67-40-21-23-46-48(34-40)61(7,8)26-25-59(46,3)4)57-55(32-38)68(54-37-51-47(33-39(54)2)60(5,6)27-30-64(51,13)14)53-24-22-42-41-19-17-18-20-45(41)65(15,16)56(42)58(53)66-57/h17-24,31-37,67H,25-30H2,1-16H3. The Hall–Kier alpha value is -5.02. The highest BCUT2D eigenvalue weighted by Gasteiger charge is 2.44. The van der Waals surface area contributed by atoms with E-state index in [0.717, 1.165) is 0 Å². The van der Waals surface area contributed by atoms with Crippen LogP contribution in [-0.4, -0.2) is 7.28 Å². The summed E-state index contributed by atoms with van der Waals surface area (Å²) in [7, 11) is 2.60. The van der Waals surface area contributed by atoms with Crippen LogP contribution in [0.1, 0.15) is 191 Å². The van der Waals surface area contributed by atoms with Gasteiger partial charge in [-0.2, -0.15) is 0 Å². The van der Waals surface area contributed by atoms with Gasteiger partial charge in [-0.25, -0.2) is 0 Å². The fraction of sp³-hybridized carbons (Fsp3) is 0.446. The molecule has 6 aromatic carbocycles. The molecule has 68 heavy (non-hydrogen) atoms. The Labute approximate surface area is 411 Å². The van der Waals surface area contributed by atoms with Crippen LogP contribution in [0.3, 0.4) is 0 Å². The van der Waals surface area contributed by atoms with Crippen molar-refractivity contribution >= 4 is 46.6 Å². The SMILES string of the molecule is Cc1cc(-c2cc3c(cc2Nc2ccc4c(c2)C(C)(C)CCC4(C)C)C(C)(C)CCC3(C)C)c2c(c1)N(c1cc3c(cc1C)C(C)(C)CCC3(C)C)c1ccc3c(c1[B]2)C(C)(C)c1ccccc1-3. The zero-order chi connectivity index (χ0) is 48.5. The second-order valence-corrected chi connectivity index (χ2v) is 26.6. The van der Waals surface area contributed by atoms with Crippen LogP contribution in [-0.2, 0) is 37.9 Å². The first-order chi connectivity index (χ1) is 31.7. The van der Waals surface area contributed by atoms with Crippen molar-refractivity contribution in [1.29, 1.82) is 0 Å². The zero-order valence-electron chi connectivity index (χ0n) is 44.4. The van der Waals surface area contributed by atoms with E-state index in [2.05, 4.69) is 219 Å². The molecular weight excluding hydrogens is 820 g/mol. The number of rotatable bonds is 4. The molecule has 0 fully saturated rings. The first kappa shape index (κ1) is 45.4. The van der Waals surface area contributed by atoms with Crippen molar-refractivity contribution in [2.75, 3.05) is 10.2 Å². The lowest BCUT2D eigenvalue weighted by Gasteiger charge is -2.44. The highest BCUT2D eigenvalue weighted by Crippen LogP contribution is 2.55. The highest BCUT2D eigenvalue weighted by molar-refractivity contribution is 6.74. The molecule has 0 amide bonds. The van der Waals surface area contributed by atoms with Crippen LogP contribution < -0.4 is 21.1 Å². The molecule has 0 saturated carbocycles. The third-order valence-electron chi connectivity index (χ3n) is 18.6. The van der Waals surface area contributed by atoms with Gasteiger partial charge in [-0.15, -0.1) is 0 Å². The van der Waals surface area contributed by atoms with E-state index in [4.69, 9.17) is 0 Å². The van der Waals surface area contributed by atoms with Gasteiger partial charge < -0.3 is 10.2 Å². The van der Waals surface area contributed by atoms with Gasteiger partial charge in [0.15, 0.2) is 7.28 Å². The summed E-state index contributed by atoms with van der Waals surface area (Å²) in [6.45, 7) is 39.1. The average molecular weight is 896 g/mol. The van der Waals surface area contributed by atoms with Crippen LogP contribution in [0.5, 0.6) is 0 Å². The van der Waals surface area contributed by atoms with Crippen molar-refractivity contribution < 1.29 is 0 Å². The van der Waals surface area contributed by atoms with Gasteiger partial charge in [0, 0.05) is 39.4 Å². The molecule has 0 bridgehead atoms. The van der Waals surface area contributed by atoms with E-state index in [1.165, 1.54) is 156 Å². The first-order valence-corrected chi connectivity index (χ1v) is 26.1. The molecular formula is C65H76BN2. The van der Waals surface area contributed by atoms with Crippen LogP contribution in [0.2, 0.25) is 0 Å². The van der Waals surface area contributed by atoms with Crippen molar-refractivity contribution in [3.05, 3.63) is 147 Å². The van der Waals surface area contributed by atoms with Gasteiger partial charge in [0.05, 0.1) is 0 Å². The summed E-state index contributed by atoms with van der Waals surface area (Å²) in [5, 5.41) is 4.19. The molecule has 1 radical (unpaired) electrons. The molecule has 6 aromatic rings. The predicted octanol–water partition coefficient (Wildman–Crippen LogP) is 16.5. The van der Waals surface area contributed by atoms with Crippen molar-refractivity contribution in [2.45, 2.75) is 187 Å². The Balaban J connectivity index is 1.19. The quantitative estimate of drug-likeness (QED) is 0.177. The van der Waals surface area contributed by atoms with Gasteiger partial charge >= 0.3 is 0 Å². The smallest absolute Gasteiger partial charge is 0.198 e. The topological polar surface area (TPSA) is 15.3 Å². The lowest BCUT2D eigenvalue weighted by atomic mass is 9.54. The van der Waals surface area contributed by atoms with Crippen LogP contribution >= 0.6 is 0 Å². The Morgan fingerprint density at radius 2 is 0.956 bits per heavy atom. The number of fused-ring (bicyclic) bond motifs is 9. The summed E-state index contributed by atoms with van der Waals surface area (Å²) in [6, 6.07) is 36.6. The van der Waals surface area contributed by atoms with E-state index in [-0.39, 0.29) is 37.9 Å². The maximum Gasteiger partial charge on any atom is 0.198 e. The molecule has 1 N–H and O–H groups in total. The molecule has 0 atom stereocenters. The van der Waals surface area contributed by atoms with Gasteiger partial charge in [-0.3, -0.25) is 0 Å². The van der Waals surface area contributed by atoms with Gasteiger partial charge in [0.1, 0.15) is 0 Å². The second kappa shape index (κ2) is 14.5. The highest BCUT2D eigenvalue weighted by atomic mass is 15.2. The zero-order valence-corrected chi connectivity index (χ0v) is 44.4. The van der Waals surface area contributed by atoms with E-state index in [0.29, 0.717) is 0 Å². The minimum atomic E-state index is -0.179. The van der Waals surface area contributed by atoms with Crippen molar-refractivity contribution in [1.82, 2.24) is 0 Å². The molecule has 5 aliphatic rings. The third-order valence-corrected chi connectivity index (χ3v) is 18.6. The maximum atomic E-state index is 4.19. The summed E-state index contributed by atoms with van der Waals surface area (Å²) < 4.78 is 0. The van der Waals surface area contributed by atoms with Crippen LogP contribution in [0.4, 0.5) is 28.4 Å². The van der Waals surface area contributed by atoms with Gasteiger partial charge in [-0.1, -0.05) is 151 Å². The summed E-state index contributed by atoms with van der Waals surface area (Å²) in [5.41, 5.74) is 28.9. The monoisotopic (exact) mass is 896 g/mol. The maximum absolute atomic E-state index is 4.19. The number of hydrogen-bond acceptors (Lipinski definition) is 2. The normalized spacial score (nSPS) is 20.9. The molecule has 11 rings (SSSR count). The molecule has 2 nitrogen and oxygen atoms in total. The number of aryl methyl sites for hydroxylation is 2. The molecule has 0 saturated heterocycles. The van der Waals surface area contributed by atoms with Crippen molar-refractivity contribution in [3.8, 4) is 22.3 Å². The third kappa shape index (κ3) is 6.70. The fourth-order valence-corrected chi connectivity index (χ4v) is 13.8. The Bertz CT molecular complexity index is 3130. The summed E-state index contributed by atoms with van der Waals surface area (Å²) >= 11 is 0. The molecule has 4 aliphatic carbocycles. The molecule has 0 spiro atoms. The predicted molar refractivity (Wildman–Crippen MR) is 294 cm³/mol. The minimum absolute atomic E-state index is 0.0449. The van der Waals surface area contributed by atoms with E-state index in [1.807, 2.05) is 0 Å². The van der Waals surface area contributed by atoms with Crippen molar-refractivity contribution in [3.63, 3.8) is 0 Å². The Morgan fingerprint density at radius 1 is 0.412 bits per heavy atom. The minimum Gasteiger partial charge on any atom is -0.355 e. The van der Waals surface area contributed by atoms with Crippen LogP contribution in [0.25, 0.3) is 22.3 Å². The summed E-state index contributed by atoms with van der Waals surface area (Å²) in [6.07, 6.45) is 7.12. The molecule has 0 unspecified atom stereocenters. The Morgan fingerprint density at radius 3 is 1.59 bits per heavy atom. The number of nitrogens with zero attached hydrogens (tertiary/aromatic N) is 1. The van der Waals surface area contributed by atoms with Gasteiger partial charge in [-0.05, 0) is 205 Å². The van der Waals surface area contributed by atoms with E-state index in [9.17, 15) is 0 Å². The van der Waals surface area contributed by atoms with E-state index < -0.39 is 0 Å². The number of benzene rings is 6. The van der Waals surface area contributed by atoms with Crippen LogP contribution in [0.15, 0.2) is 91.0 Å². The van der Waals surface area contributed by atoms with Crippen LogP contribution in [0, 0.1) is 13.8 Å². The average Bonchev–Trinajstić information content (AvgIpc) is 3.51. The first-order valence-electron chi connectivity index (χ1n) is 26.1. The summed E-state index contributed by atoms with van der Waals surface area (Å²) in [4.78, 5) is 2.68. The molecule has 1 aliphatic heterocycles. The van der Waals surface area contributed by atoms with E-state index >= 15 is 0 Å². The second-order valence-electron chi connectivity index (χ2n) is 26.6. The fourth-order valence-electron chi connectivity index (χ4n) is 13.8. The Kier molecular flexibility index (Phi) is 9.70. The van der Waals surface area contributed by atoms with Crippen molar-refractivity contribution in [2.24, 2.45) is 0 Å². The molecule has 349 valence electrons. The lowest BCUT2D eigenvalue weighted by Crippen LogP contribution is -2.45. The molecule has 0 aromatic heterocycles. The van der Waals surface area contributed by atoms with E-state index in [1.54, 1.807) is 0 Å².